The van der Waals surface area contributed by atoms with E-state index in [2.05, 4.69) is 0 Å². The largest absolute Gasteiger partial charge is 0.398 e. The number of anilines is 2. The summed E-state index contributed by atoms with van der Waals surface area (Å²) in [7, 11) is 1.57. The summed E-state index contributed by atoms with van der Waals surface area (Å²) in [4.78, 5) is 1.43. The summed E-state index contributed by atoms with van der Waals surface area (Å²) in [5.41, 5.74) is 6.93. The molecule has 0 radical (unpaired) electrons. The molecule has 20 heavy (non-hydrogen) atoms. The standard InChI is InChI=1S/C15H13F2N3/c1-20(9-11-4-2-3-5-14(11)19)15-12(16)6-10(8-18)7-13(15)17/h2-7H,9,19H2,1H3. The van der Waals surface area contributed by atoms with Crippen LogP contribution in [0.15, 0.2) is 36.4 Å². The highest BCUT2D eigenvalue weighted by Gasteiger charge is 2.16. The Morgan fingerprint density at radius 1 is 1.20 bits per heavy atom. The van der Waals surface area contributed by atoms with Gasteiger partial charge in [-0.3, -0.25) is 0 Å². The predicted molar refractivity (Wildman–Crippen MR) is 74.0 cm³/mol. The number of benzene rings is 2. The zero-order valence-electron chi connectivity index (χ0n) is 10.9. The molecule has 102 valence electrons. The van der Waals surface area contributed by atoms with Crippen molar-refractivity contribution in [2.45, 2.75) is 6.54 Å². The van der Waals surface area contributed by atoms with Crippen molar-refractivity contribution in [3.8, 4) is 6.07 Å². The molecule has 0 bridgehead atoms. The summed E-state index contributed by atoms with van der Waals surface area (Å²) in [6.45, 7) is 0.270. The van der Waals surface area contributed by atoms with E-state index in [0.717, 1.165) is 17.7 Å². The Kier molecular flexibility index (Phi) is 3.85. The maximum atomic E-state index is 13.9. The van der Waals surface area contributed by atoms with Crippen LogP contribution in [0.1, 0.15) is 11.1 Å². The fraction of sp³-hybridized carbons (Fsp3) is 0.133. The van der Waals surface area contributed by atoms with Crippen molar-refractivity contribution < 1.29 is 8.78 Å². The Bertz CT molecular complexity index is 654. The van der Waals surface area contributed by atoms with Gasteiger partial charge in [0.25, 0.3) is 0 Å². The first-order chi connectivity index (χ1) is 9.52. The van der Waals surface area contributed by atoms with E-state index >= 15 is 0 Å². The van der Waals surface area contributed by atoms with Gasteiger partial charge in [0.2, 0.25) is 0 Å². The maximum absolute atomic E-state index is 13.9. The highest BCUT2D eigenvalue weighted by Crippen LogP contribution is 2.26. The molecule has 2 N–H and O–H groups in total. The van der Waals surface area contributed by atoms with E-state index in [1.54, 1.807) is 31.3 Å². The molecule has 2 aromatic rings. The molecule has 0 aliphatic rings. The van der Waals surface area contributed by atoms with Crippen LogP contribution in [0, 0.1) is 23.0 Å². The second-order valence-corrected chi connectivity index (χ2v) is 4.46. The smallest absolute Gasteiger partial charge is 0.150 e. The Labute approximate surface area is 115 Å². The second kappa shape index (κ2) is 5.57. The molecule has 0 saturated heterocycles. The van der Waals surface area contributed by atoms with Crippen LogP contribution in [0.2, 0.25) is 0 Å². The molecular formula is C15H13F2N3. The van der Waals surface area contributed by atoms with Crippen LogP contribution in [0.25, 0.3) is 0 Å². The predicted octanol–water partition coefficient (Wildman–Crippen LogP) is 3.06. The van der Waals surface area contributed by atoms with Crippen LogP contribution in [-0.2, 0) is 6.54 Å². The summed E-state index contributed by atoms with van der Waals surface area (Å²) >= 11 is 0. The Morgan fingerprint density at radius 3 is 2.35 bits per heavy atom. The van der Waals surface area contributed by atoms with E-state index in [-0.39, 0.29) is 17.8 Å². The lowest BCUT2D eigenvalue weighted by atomic mass is 10.1. The van der Waals surface area contributed by atoms with E-state index in [4.69, 9.17) is 11.0 Å². The summed E-state index contributed by atoms with van der Waals surface area (Å²) in [5.74, 6) is -1.53. The highest BCUT2D eigenvalue weighted by atomic mass is 19.1. The van der Waals surface area contributed by atoms with Crippen LogP contribution in [0.4, 0.5) is 20.2 Å². The van der Waals surface area contributed by atoms with Gasteiger partial charge in [-0.2, -0.15) is 5.26 Å². The SMILES string of the molecule is CN(Cc1ccccc1N)c1c(F)cc(C#N)cc1F. The first-order valence-electron chi connectivity index (χ1n) is 5.96. The zero-order chi connectivity index (χ0) is 14.7. The van der Waals surface area contributed by atoms with Crippen molar-refractivity contribution in [2.24, 2.45) is 0 Å². The molecule has 5 heteroatoms. The summed E-state index contributed by atoms with van der Waals surface area (Å²) in [6, 6.07) is 10.9. The van der Waals surface area contributed by atoms with Gasteiger partial charge in [-0.15, -0.1) is 0 Å². The molecule has 0 atom stereocenters. The molecule has 0 aliphatic heterocycles. The average Bonchev–Trinajstić information content (AvgIpc) is 2.40. The number of nitrogens with two attached hydrogens (primary N) is 1. The number of rotatable bonds is 3. The topological polar surface area (TPSA) is 53.0 Å². The highest BCUT2D eigenvalue weighted by molar-refractivity contribution is 5.54. The fourth-order valence-corrected chi connectivity index (χ4v) is 2.01. The number of hydrogen-bond donors (Lipinski definition) is 1. The molecule has 3 nitrogen and oxygen atoms in total. The third kappa shape index (κ3) is 2.69. The van der Waals surface area contributed by atoms with Crippen molar-refractivity contribution in [2.75, 3.05) is 17.7 Å². The average molecular weight is 273 g/mol. The van der Waals surface area contributed by atoms with E-state index in [0.29, 0.717) is 5.69 Å². The zero-order valence-corrected chi connectivity index (χ0v) is 10.9. The van der Waals surface area contributed by atoms with Crippen molar-refractivity contribution in [3.05, 3.63) is 59.2 Å². The molecule has 2 rings (SSSR count). The van der Waals surface area contributed by atoms with E-state index in [1.807, 2.05) is 6.07 Å². The van der Waals surface area contributed by atoms with Crippen LogP contribution in [0.3, 0.4) is 0 Å². The minimum Gasteiger partial charge on any atom is -0.398 e. The van der Waals surface area contributed by atoms with Gasteiger partial charge in [-0.25, -0.2) is 8.78 Å². The third-order valence-electron chi connectivity index (χ3n) is 2.99. The Balaban J connectivity index is 2.33. The Hall–Kier alpha value is -2.61. The molecule has 0 fully saturated rings. The minimum absolute atomic E-state index is 0.0450. The number of nitriles is 1. The van der Waals surface area contributed by atoms with E-state index in [9.17, 15) is 8.78 Å². The number of hydrogen-bond acceptors (Lipinski definition) is 3. The first kappa shape index (κ1) is 13.8. The van der Waals surface area contributed by atoms with Crippen molar-refractivity contribution in [1.82, 2.24) is 0 Å². The maximum Gasteiger partial charge on any atom is 0.150 e. The van der Waals surface area contributed by atoms with E-state index < -0.39 is 11.6 Å². The monoisotopic (exact) mass is 273 g/mol. The first-order valence-corrected chi connectivity index (χ1v) is 5.96. The van der Waals surface area contributed by atoms with Crippen LogP contribution >= 0.6 is 0 Å². The van der Waals surface area contributed by atoms with E-state index in [1.165, 1.54) is 4.90 Å². The molecular weight excluding hydrogens is 260 g/mol. The molecule has 0 saturated carbocycles. The van der Waals surface area contributed by atoms with Gasteiger partial charge in [0.15, 0.2) is 11.6 Å². The third-order valence-corrected chi connectivity index (χ3v) is 2.99. The van der Waals surface area contributed by atoms with Crippen molar-refractivity contribution >= 4 is 11.4 Å². The summed E-state index contributed by atoms with van der Waals surface area (Å²) in [5, 5.41) is 8.67. The molecule has 0 amide bonds. The quantitative estimate of drug-likeness (QED) is 0.874. The number of halogens is 2. The lowest BCUT2D eigenvalue weighted by molar-refractivity contribution is 0.576. The van der Waals surface area contributed by atoms with Gasteiger partial charge in [-0.1, -0.05) is 18.2 Å². The fourth-order valence-electron chi connectivity index (χ4n) is 2.01. The molecule has 0 aliphatic carbocycles. The van der Waals surface area contributed by atoms with Crippen molar-refractivity contribution in [3.63, 3.8) is 0 Å². The molecule has 0 aromatic heterocycles. The molecule has 0 unspecified atom stereocenters. The van der Waals surface area contributed by atoms with Crippen molar-refractivity contribution in [1.29, 1.82) is 5.26 Å². The summed E-state index contributed by atoms with van der Waals surface area (Å²) < 4.78 is 27.8. The minimum atomic E-state index is -0.765. The van der Waals surface area contributed by atoms with Gasteiger partial charge >= 0.3 is 0 Å². The number of nitrogen functional groups attached to an aromatic ring is 1. The number of nitrogens with zero attached hydrogens (tertiary/aromatic N) is 2. The lowest BCUT2D eigenvalue weighted by Crippen LogP contribution is -2.20. The molecule has 0 spiro atoms. The molecule has 0 heterocycles. The van der Waals surface area contributed by atoms with Crippen LogP contribution in [0.5, 0.6) is 0 Å². The van der Waals surface area contributed by atoms with Gasteiger partial charge < -0.3 is 10.6 Å². The summed E-state index contributed by atoms with van der Waals surface area (Å²) in [6.07, 6.45) is 0. The molecule has 2 aromatic carbocycles. The van der Waals surface area contributed by atoms with Crippen LogP contribution in [-0.4, -0.2) is 7.05 Å². The van der Waals surface area contributed by atoms with Crippen LogP contribution < -0.4 is 10.6 Å². The normalized spacial score (nSPS) is 10.1. The lowest BCUT2D eigenvalue weighted by Gasteiger charge is -2.21. The van der Waals surface area contributed by atoms with Gasteiger partial charge in [-0.05, 0) is 23.8 Å². The number of para-hydroxylation sites is 1. The van der Waals surface area contributed by atoms with Gasteiger partial charge in [0, 0.05) is 19.3 Å². The van der Waals surface area contributed by atoms with Gasteiger partial charge in [0.1, 0.15) is 5.69 Å². The second-order valence-electron chi connectivity index (χ2n) is 4.46. The Morgan fingerprint density at radius 2 is 1.80 bits per heavy atom. The van der Waals surface area contributed by atoms with Gasteiger partial charge in [0.05, 0.1) is 11.6 Å².